The Morgan fingerprint density at radius 3 is 2.59 bits per heavy atom. The van der Waals surface area contributed by atoms with Crippen molar-refractivity contribution in [3.8, 4) is 11.1 Å². The number of aryl methyl sites for hydroxylation is 1. The summed E-state index contributed by atoms with van der Waals surface area (Å²) < 4.78 is 5.45. The number of aliphatic carboxylic acids is 1. The van der Waals surface area contributed by atoms with Gasteiger partial charge in [-0.1, -0.05) is 42.0 Å². The Bertz CT molecular complexity index is 893. The van der Waals surface area contributed by atoms with Gasteiger partial charge in [-0.15, -0.1) is 0 Å². The molecule has 2 atom stereocenters. The first-order valence-corrected chi connectivity index (χ1v) is 9.27. The van der Waals surface area contributed by atoms with Crippen LogP contribution in [0.15, 0.2) is 48.5 Å². The predicted molar refractivity (Wildman–Crippen MR) is 102 cm³/mol. The summed E-state index contributed by atoms with van der Waals surface area (Å²) >= 11 is 0. The number of fused-ring (bicyclic) bond motifs is 1. The zero-order valence-corrected chi connectivity index (χ0v) is 15.4. The van der Waals surface area contributed by atoms with Crippen molar-refractivity contribution in [2.45, 2.75) is 13.3 Å². The van der Waals surface area contributed by atoms with Crippen molar-refractivity contribution in [2.75, 3.05) is 26.3 Å². The quantitative estimate of drug-likeness (QED) is 0.907. The molecule has 0 bridgehead atoms. The number of hydrogen-bond donors (Lipinski definition) is 1. The van der Waals surface area contributed by atoms with Gasteiger partial charge in [-0.05, 0) is 42.5 Å². The van der Waals surface area contributed by atoms with Crippen molar-refractivity contribution in [3.63, 3.8) is 0 Å². The molecule has 4 rings (SSSR count). The number of amides is 1. The highest BCUT2D eigenvalue weighted by molar-refractivity contribution is 5.96. The second-order valence-electron chi connectivity index (χ2n) is 7.64. The smallest absolute Gasteiger partial charge is 0.314 e. The maximum absolute atomic E-state index is 13.1. The molecular formula is C22H23NO4. The van der Waals surface area contributed by atoms with Gasteiger partial charge in [0, 0.05) is 25.3 Å². The van der Waals surface area contributed by atoms with E-state index in [1.54, 1.807) is 11.0 Å². The summed E-state index contributed by atoms with van der Waals surface area (Å²) in [5.74, 6) is -1.02. The molecule has 0 unspecified atom stereocenters. The van der Waals surface area contributed by atoms with E-state index < -0.39 is 11.4 Å². The van der Waals surface area contributed by atoms with Crippen molar-refractivity contribution in [1.82, 2.24) is 4.90 Å². The van der Waals surface area contributed by atoms with Crippen LogP contribution >= 0.6 is 0 Å². The van der Waals surface area contributed by atoms with Crippen LogP contribution in [0, 0.1) is 18.3 Å². The summed E-state index contributed by atoms with van der Waals surface area (Å²) in [5.41, 5.74) is 2.83. The number of nitrogens with zero attached hydrogens (tertiary/aromatic N) is 1. The summed E-state index contributed by atoms with van der Waals surface area (Å²) in [7, 11) is 0. The van der Waals surface area contributed by atoms with E-state index in [4.69, 9.17) is 4.74 Å². The molecule has 2 saturated heterocycles. The molecule has 1 amide bonds. The lowest BCUT2D eigenvalue weighted by Gasteiger charge is -2.33. The number of ether oxygens (including phenoxy) is 1. The molecule has 2 aromatic rings. The Balaban J connectivity index is 1.60. The van der Waals surface area contributed by atoms with Gasteiger partial charge in [-0.3, -0.25) is 9.59 Å². The number of rotatable bonds is 3. The molecule has 5 heteroatoms. The van der Waals surface area contributed by atoms with Crippen LogP contribution in [0.2, 0.25) is 0 Å². The maximum atomic E-state index is 13.1. The summed E-state index contributed by atoms with van der Waals surface area (Å²) in [6.45, 7) is 3.46. The van der Waals surface area contributed by atoms with Gasteiger partial charge in [0.05, 0.1) is 6.61 Å². The fourth-order valence-corrected chi connectivity index (χ4v) is 4.28. The molecule has 2 aliphatic heterocycles. The van der Waals surface area contributed by atoms with Gasteiger partial charge < -0.3 is 14.7 Å². The molecule has 2 aromatic carbocycles. The van der Waals surface area contributed by atoms with E-state index in [1.807, 2.05) is 43.3 Å². The Morgan fingerprint density at radius 1 is 1.15 bits per heavy atom. The number of hydrogen-bond acceptors (Lipinski definition) is 3. The molecule has 0 saturated carbocycles. The topological polar surface area (TPSA) is 66.8 Å². The van der Waals surface area contributed by atoms with E-state index >= 15 is 0 Å². The largest absolute Gasteiger partial charge is 0.481 e. The number of carboxylic acid groups (broad SMARTS) is 1. The minimum Gasteiger partial charge on any atom is -0.481 e. The second-order valence-corrected chi connectivity index (χ2v) is 7.64. The first-order valence-electron chi connectivity index (χ1n) is 9.27. The monoisotopic (exact) mass is 365 g/mol. The number of benzene rings is 2. The van der Waals surface area contributed by atoms with Crippen molar-refractivity contribution in [3.05, 3.63) is 59.7 Å². The predicted octanol–water partition coefficient (Wildman–Crippen LogP) is 3.23. The minimum absolute atomic E-state index is 0.0485. The second kappa shape index (κ2) is 6.82. The van der Waals surface area contributed by atoms with E-state index in [1.165, 1.54) is 0 Å². The summed E-state index contributed by atoms with van der Waals surface area (Å²) in [4.78, 5) is 26.7. The maximum Gasteiger partial charge on any atom is 0.314 e. The number of likely N-dealkylation sites (tertiary alicyclic amines) is 1. The molecule has 0 aliphatic carbocycles. The van der Waals surface area contributed by atoms with Gasteiger partial charge in [-0.2, -0.15) is 0 Å². The molecule has 5 nitrogen and oxygen atoms in total. The van der Waals surface area contributed by atoms with Crippen LogP contribution in [0.3, 0.4) is 0 Å². The molecule has 27 heavy (non-hydrogen) atoms. The zero-order chi connectivity index (χ0) is 19.0. The Hall–Kier alpha value is -2.66. The van der Waals surface area contributed by atoms with E-state index in [9.17, 15) is 14.7 Å². The molecule has 2 heterocycles. The average Bonchev–Trinajstić information content (AvgIpc) is 3.09. The standard InChI is InChI=1S/C22H23NO4/c1-15-4-2-5-16(10-15)17-6-3-7-18(11-17)20(24)23-12-19-8-9-27-14-22(19,13-23)21(25)26/h2-7,10-11,19H,8-9,12-14H2,1H3,(H,25,26)/t19-,22+/m0/s1. The third kappa shape index (κ3) is 3.12. The van der Waals surface area contributed by atoms with Crippen LogP contribution in [-0.4, -0.2) is 48.2 Å². The summed E-state index contributed by atoms with van der Waals surface area (Å²) in [5, 5.41) is 9.77. The summed E-state index contributed by atoms with van der Waals surface area (Å²) in [6.07, 6.45) is 0.680. The molecule has 2 aliphatic rings. The SMILES string of the molecule is Cc1cccc(-c2cccc(C(=O)N3C[C@@H]4CCOC[C@]4(C(=O)O)C3)c2)c1. The molecule has 1 N–H and O–H groups in total. The number of carbonyl (C=O) groups excluding carboxylic acids is 1. The third-order valence-corrected chi connectivity index (χ3v) is 5.84. The van der Waals surface area contributed by atoms with E-state index in [-0.39, 0.29) is 25.0 Å². The highest BCUT2D eigenvalue weighted by Crippen LogP contribution is 2.42. The normalized spacial score (nSPS) is 24.5. The Kier molecular flexibility index (Phi) is 4.48. The highest BCUT2D eigenvalue weighted by Gasteiger charge is 2.55. The van der Waals surface area contributed by atoms with Crippen LogP contribution < -0.4 is 0 Å². The van der Waals surface area contributed by atoms with Crippen LogP contribution in [0.4, 0.5) is 0 Å². The van der Waals surface area contributed by atoms with Crippen LogP contribution in [-0.2, 0) is 9.53 Å². The lowest BCUT2D eigenvalue weighted by Crippen LogP contribution is -2.46. The average molecular weight is 365 g/mol. The van der Waals surface area contributed by atoms with Crippen LogP contribution in [0.1, 0.15) is 22.3 Å². The fraction of sp³-hybridized carbons (Fsp3) is 0.364. The Morgan fingerprint density at radius 2 is 1.89 bits per heavy atom. The molecule has 0 aromatic heterocycles. The van der Waals surface area contributed by atoms with Gasteiger partial charge in [0.1, 0.15) is 5.41 Å². The van der Waals surface area contributed by atoms with Gasteiger partial charge in [0.15, 0.2) is 0 Å². The van der Waals surface area contributed by atoms with Gasteiger partial charge >= 0.3 is 5.97 Å². The molecule has 140 valence electrons. The van der Waals surface area contributed by atoms with Crippen molar-refractivity contribution >= 4 is 11.9 Å². The lowest BCUT2D eigenvalue weighted by atomic mass is 9.76. The lowest BCUT2D eigenvalue weighted by molar-refractivity contribution is -0.159. The summed E-state index contributed by atoms with van der Waals surface area (Å²) in [6, 6.07) is 15.7. The van der Waals surface area contributed by atoms with Gasteiger partial charge in [-0.25, -0.2) is 0 Å². The van der Waals surface area contributed by atoms with Crippen molar-refractivity contribution < 1.29 is 19.4 Å². The van der Waals surface area contributed by atoms with Crippen molar-refractivity contribution in [2.24, 2.45) is 11.3 Å². The number of carbonyl (C=O) groups is 2. The van der Waals surface area contributed by atoms with Crippen LogP contribution in [0.25, 0.3) is 11.1 Å². The minimum atomic E-state index is -0.970. The first-order chi connectivity index (χ1) is 13.0. The Labute approximate surface area is 158 Å². The molecule has 2 fully saturated rings. The van der Waals surface area contributed by atoms with Gasteiger partial charge in [0.2, 0.25) is 0 Å². The highest BCUT2D eigenvalue weighted by atomic mass is 16.5. The fourth-order valence-electron chi connectivity index (χ4n) is 4.28. The van der Waals surface area contributed by atoms with E-state index in [0.717, 1.165) is 16.7 Å². The first kappa shape index (κ1) is 17.7. The van der Waals surface area contributed by atoms with E-state index in [2.05, 4.69) is 6.07 Å². The molecule has 0 spiro atoms. The van der Waals surface area contributed by atoms with E-state index in [0.29, 0.717) is 25.1 Å². The third-order valence-electron chi connectivity index (χ3n) is 5.84. The molecule has 0 radical (unpaired) electrons. The molecular weight excluding hydrogens is 342 g/mol. The number of carboxylic acids is 1. The van der Waals surface area contributed by atoms with Crippen LogP contribution in [0.5, 0.6) is 0 Å². The zero-order valence-electron chi connectivity index (χ0n) is 15.4. The van der Waals surface area contributed by atoms with Gasteiger partial charge in [0.25, 0.3) is 5.91 Å². The van der Waals surface area contributed by atoms with Crippen molar-refractivity contribution in [1.29, 1.82) is 0 Å².